The first kappa shape index (κ1) is 9.85. The summed E-state index contributed by atoms with van der Waals surface area (Å²) in [6.45, 7) is 3.29. The molecule has 2 N–H and O–H groups in total. The summed E-state index contributed by atoms with van der Waals surface area (Å²) in [5, 5.41) is 3.48. The summed E-state index contributed by atoms with van der Waals surface area (Å²) in [5.74, 6) is 1.11. The highest BCUT2D eigenvalue weighted by Gasteiger charge is 2.19. The number of aromatic nitrogens is 2. The number of aromatic amines is 1. The fourth-order valence-electron chi connectivity index (χ4n) is 2.48. The van der Waals surface area contributed by atoms with Crippen LogP contribution in [-0.2, 0) is 6.42 Å². The van der Waals surface area contributed by atoms with Crippen LogP contribution in [0.5, 0.6) is 0 Å². The Balaban J connectivity index is 2.07. The standard InChI is InChI=1S/C13H17N3/c1-2-9-5-3-6-10-12(9)16-13(15-10)11-7-4-8-14-11/h3,5-6,11,14H,2,4,7-8H2,1H3,(H,15,16). The molecule has 0 bridgehead atoms. The van der Waals surface area contributed by atoms with Crippen molar-refractivity contribution in [1.29, 1.82) is 0 Å². The molecule has 0 aliphatic carbocycles. The molecule has 1 aliphatic heterocycles. The summed E-state index contributed by atoms with van der Waals surface area (Å²) in [7, 11) is 0. The minimum atomic E-state index is 0.428. The molecule has 0 saturated carbocycles. The predicted molar refractivity (Wildman–Crippen MR) is 65.4 cm³/mol. The number of fused-ring (bicyclic) bond motifs is 1. The summed E-state index contributed by atoms with van der Waals surface area (Å²) in [6, 6.07) is 6.80. The molecule has 0 radical (unpaired) electrons. The average Bonchev–Trinajstić information content (AvgIpc) is 2.96. The van der Waals surface area contributed by atoms with Crippen LogP contribution >= 0.6 is 0 Å². The van der Waals surface area contributed by atoms with Crippen molar-refractivity contribution in [2.45, 2.75) is 32.2 Å². The van der Waals surface area contributed by atoms with Crippen molar-refractivity contribution in [3.8, 4) is 0 Å². The van der Waals surface area contributed by atoms with Gasteiger partial charge in [0.15, 0.2) is 0 Å². The number of H-pyrrole nitrogens is 1. The molecule has 2 aromatic rings. The Hall–Kier alpha value is -1.35. The molecule has 3 rings (SSSR count). The van der Waals surface area contributed by atoms with Gasteiger partial charge in [0.05, 0.1) is 17.1 Å². The number of para-hydroxylation sites is 1. The van der Waals surface area contributed by atoms with Crippen LogP contribution in [0.3, 0.4) is 0 Å². The smallest absolute Gasteiger partial charge is 0.124 e. The third-order valence-electron chi connectivity index (χ3n) is 3.39. The Morgan fingerprint density at radius 1 is 1.44 bits per heavy atom. The van der Waals surface area contributed by atoms with Crippen LogP contribution in [0.15, 0.2) is 18.2 Å². The third kappa shape index (κ3) is 1.52. The SMILES string of the molecule is CCc1cccc2[nH]c(C3CCCN3)nc12. The lowest BCUT2D eigenvalue weighted by molar-refractivity contribution is 0.614. The number of imidazole rings is 1. The fourth-order valence-corrected chi connectivity index (χ4v) is 2.48. The summed E-state index contributed by atoms with van der Waals surface area (Å²) >= 11 is 0. The van der Waals surface area contributed by atoms with Crippen molar-refractivity contribution in [3.05, 3.63) is 29.6 Å². The second-order valence-corrected chi connectivity index (χ2v) is 4.44. The molecule has 1 aromatic heterocycles. The van der Waals surface area contributed by atoms with Crippen molar-refractivity contribution < 1.29 is 0 Å². The van der Waals surface area contributed by atoms with Crippen molar-refractivity contribution in [2.75, 3.05) is 6.54 Å². The molecular weight excluding hydrogens is 198 g/mol. The molecule has 2 heterocycles. The fraction of sp³-hybridized carbons (Fsp3) is 0.462. The van der Waals surface area contributed by atoms with Gasteiger partial charge in [-0.2, -0.15) is 0 Å². The lowest BCUT2D eigenvalue weighted by Crippen LogP contribution is -2.14. The molecule has 16 heavy (non-hydrogen) atoms. The topological polar surface area (TPSA) is 40.7 Å². The zero-order chi connectivity index (χ0) is 11.0. The van der Waals surface area contributed by atoms with Crippen LogP contribution in [0.25, 0.3) is 11.0 Å². The first-order chi connectivity index (χ1) is 7.88. The van der Waals surface area contributed by atoms with E-state index in [2.05, 4.69) is 35.4 Å². The number of rotatable bonds is 2. The minimum Gasteiger partial charge on any atom is -0.341 e. The summed E-state index contributed by atoms with van der Waals surface area (Å²) in [6.07, 6.45) is 3.49. The van der Waals surface area contributed by atoms with Gasteiger partial charge < -0.3 is 10.3 Å². The van der Waals surface area contributed by atoms with Crippen LogP contribution in [0, 0.1) is 0 Å². The molecule has 1 aliphatic rings. The van der Waals surface area contributed by atoms with Gasteiger partial charge in [-0.15, -0.1) is 0 Å². The molecule has 0 spiro atoms. The van der Waals surface area contributed by atoms with Crippen LogP contribution < -0.4 is 5.32 Å². The molecule has 3 heteroatoms. The second-order valence-electron chi connectivity index (χ2n) is 4.44. The van der Waals surface area contributed by atoms with E-state index in [1.807, 2.05) is 0 Å². The van der Waals surface area contributed by atoms with E-state index in [4.69, 9.17) is 4.98 Å². The molecule has 1 aromatic carbocycles. The van der Waals surface area contributed by atoms with Gasteiger partial charge in [0.25, 0.3) is 0 Å². The monoisotopic (exact) mass is 215 g/mol. The number of hydrogen-bond acceptors (Lipinski definition) is 2. The first-order valence-corrected chi connectivity index (χ1v) is 6.09. The molecule has 1 saturated heterocycles. The molecule has 0 amide bonds. The quantitative estimate of drug-likeness (QED) is 0.808. The Morgan fingerprint density at radius 3 is 3.12 bits per heavy atom. The van der Waals surface area contributed by atoms with E-state index >= 15 is 0 Å². The van der Waals surface area contributed by atoms with Gasteiger partial charge in [-0.1, -0.05) is 19.1 Å². The maximum Gasteiger partial charge on any atom is 0.124 e. The predicted octanol–water partition coefficient (Wildman–Crippen LogP) is 2.55. The van der Waals surface area contributed by atoms with E-state index in [9.17, 15) is 0 Å². The number of nitrogens with one attached hydrogen (secondary N) is 2. The van der Waals surface area contributed by atoms with Crippen LogP contribution in [0.2, 0.25) is 0 Å². The maximum absolute atomic E-state index is 4.75. The highest BCUT2D eigenvalue weighted by Crippen LogP contribution is 2.24. The zero-order valence-corrected chi connectivity index (χ0v) is 9.59. The van der Waals surface area contributed by atoms with Crippen LogP contribution in [-0.4, -0.2) is 16.5 Å². The van der Waals surface area contributed by atoms with Gasteiger partial charge in [-0.25, -0.2) is 4.98 Å². The lowest BCUT2D eigenvalue weighted by atomic mass is 10.1. The van der Waals surface area contributed by atoms with E-state index in [1.165, 1.54) is 23.9 Å². The van der Waals surface area contributed by atoms with Crippen molar-refractivity contribution >= 4 is 11.0 Å². The highest BCUT2D eigenvalue weighted by molar-refractivity contribution is 5.78. The maximum atomic E-state index is 4.75. The highest BCUT2D eigenvalue weighted by atomic mass is 15.0. The first-order valence-electron chi connectivity index (χ1n) is 6.09. The van der Waals surface area contributed by atoms with Gasteiger partial charge in [-0.3, -0.25) is 0 Å². The largest absolute Gasteiger partial charge is 0.341 e. The number of nitrogens with zero attached hydrogens (tertiary/aromatic N) is 1. The Labute approximate surface area is 95.3 Å². The van der Waals surface area contributed by atoms with Gasteiger partial charge in [0, 0.05) is 0 Å². The molecule has 1 unspecified atom stereocenters. The summed E-state index contributed by atoms with van der Waals surface area (Å²) in [5.41, 5.74) is 3.65. The Kier molecular flexibility index (Phi) is 2.40. The zero-order valence-electron chi connectivity index (χ0n) is 9.59. The van der Waals surface area contributed by atoms with Crippen molar-refractivity contribution in [3.63, 3.8) is 0 Å². The normalized spacial score (nSPS) is 20.7. The van der Waals surface area contributed by atoms with Crippen molar-refractivity contribution in [1.82, 2.24) is 15.3 Å². The van der Waals surface area contributed by atoms with E-state index in [1.54, 1.807) is 0 Å². The van der Waals surface area contributed by atoms with Crippen LogP contribution in [0.4, 0.5) is 0 Å². The molecular formula is C13H17N3. The van der Waals surface area contributed by atoms with Crippen molar-refractivity contribution in [2.24, 2.45) is 0 Å². The van der Waals surface area contributed by atoms with Gasteiger partial charge in [0.2, 0.25) is 0 Å². The Bertz CT molecular complexity index is 495. The number of aryl methyl sites for hydroxylation is 1. The van der Waals surface area contributed by atoms with E-state index in [0.29, 0.717) is 6.04 Å². The van der Waals surface area contributed by atoms with E-state index in [-0.39, 0.29) is 0 Å². The van der Waals surface area contributed by atoms with Gasteiger partial charge >= 0.3 is 0 Å². The molecule has 1 fully saturated rings. The Morgan fingerprint density at radius 2 is 2.38 bits per heavy atom. The molecule has 3 nitrogen and oxygen atoms in total. The van der Waals surface area contributed by atoms with Gasteiger partial charge in [-0.05, 0) is 37.4 Å². The molecule has 84 valence electrons. The third-order valence-corrected chi connectivity index (χ3v) is 3.39. The summed E-state index contributed by atoms with van der Waals surface area (Å²) in [4.78, 5) is 8.19. The summed E-state index contributed by atoms with van der Waals surface area (Å²) < 4.78 is 0. The van der Waals surface area contributed by atoms with Crippen LogP contribution in [0.1, 0.15) is 37.2 Å². The average molecular weight is 215 g/mol. The van der Waals surface area contributed by atoms with E-state index in [0.717, 1.165) is 24.3 Å². The molecule has 1 atom stereocenters. The second kappa shape index (κ2) is 3.91. The number of benzene rings is 1. The minimum absolute atomic E-state index is 0.428. The van der Waals surface area contributed by atoms with Gasteiger partial charge in [0.1, 0.15) is 5.82 Å². The van der Waals surface area contributed by atoms with E-state index < -0.39 is 0 Å². The lowest BCUT2D eigenvalue weighted by Gasteiger charge is -2.04. The number of hydrogen-bond donors (Lipinski definition) is 2.